The van der Waals surface area contributed by atoms with Crippen LogP contribution in [0.1, 0.15) is 5.69 Å². The largest absolute Gasteiger partial charge is 0.357 e. The van der Waals surface area contributed by atoms with E-state index in [0.717, 1.165) is 28.0 Å². The van der Waals surface area contributed by atoms with E-state index in [0.29, 0.717) is 0 Å². The standard InChI is InChI=1S/C15H15N4/c1-11-15(13-7-3-4-8-14(13)16-11)18-17-12-6-5-9-19(2)10-12/h3-10,16H,1-2H3/q+1. The van der Waals surface area contributed by atoms with Crippen LogP contribution in [0.15, 0.2) is 59.0 Å². The van der Waals surface area contributed by atoms with Crippen molar-refractivity contribution in [3.63, 3.8) is 0 Å². The number of hydrogen-bond acceptors (Lipinski definition) is 2. The molecule has 0 unspecified atom stereocenters. The molecular weight excluding hydrogens is 236 g/mol. The van der Waals surface area contributed by atoms with Crippen molar-refractivity contribution in [2.24, 2.45) is 17.3 Å². The highest BCUT2D eigenvalue weighted by molar-refractivity contribution is 5.92. The van der Waals surface area contributed by atoms with Gasteiger partial charge in [0, 0.05) is 22.7 Å². The van der Waals surface area contributed by atoms with Gasteiger partial charge in [-0.3, -0.25) is 0 Å². The molecule has 0 aliphatic heterocycles. The molecule has 0 aliphatic carbocycles. The van der Waals surface area contributed by atoms with E-state index >= 15 is 0 Å². The van der Waals surface area contributed by atoms with Gasteiger partial charge in [-0.05, 0) is 19.1 Å². The number of pyridine rings is 1. The maximum atomic E-state index is 4.39. The van der Waals surface area contributed by atoms with Crippen LogP contribution in [0.25, 0.3) is 10.9 Å². The number of H-pyrrole nitrogens is 1. The van der Waals surface area contributed by atoms with Gasteiger partial charge in [0.25, 0.3) is 0 Å². The molecule has 1 aromatic carbocycles. The third-order valence-corrected chi connectivity index (χ3v) is 3.05. The number of para-hydroxylation sites is 1. The van der Waals surface area contributed by atoms with Crippen LogP contribution in [0.5, 0.6) is 0 Å². The van der Waals surface area contributed by atoms with Gasteiger partial charge >= 0.3 is 0 Å². The molecule has 0 atom stereocenters. The summed E-state index contributed by atoms with van der Waals surface area (Å²) in [6.07, 6.45) is 3.91. The number of nitrogens with zero attached hydrogens (tertiary/aromatic N) is 3. The molecule has 3 rings (SSSR count). The van der Waals surface area contributed by atoms with E-state index in [9.17, 15) is 0 Å². The number of fused-ring (bicyclic) bond motifs is 1. The van der Waals surface area contributed by atoms with Crippen molar-refractivity contribution in [2.75, 3.05) is 0 Å². The molecule has 2 aromatic heterocycles. The summed E-state index contributed by atoms with van der Waals surface area (Å²) in [7, 11) is 1.97. The van der Waals surface area contributed by atoms with Crippen LogP contribution in [0.2, 0.25) is 0 Å². The second-order valence-corrected chi connectivity index (χ2v) is 4.57. The highest BCUT2D eigenvalue weighted by Crippen LogP contribution is 2.30. The second kappa shape index (κ2) is 4.65. The fraction of sp³-hybridized carbons (Fsp3) is 0.133. The monoisotopic (exact) mass is 251 g/mol. The summed E-state index contributed by atoms with van der Waals surface area (Å²) in [5.74, 6) is 0. The van der Waals surface area contributed by atoms with Crippen LogP contribution >= 0.6 is 0 Å². The Morgan fingerprint density at radius 1 is 1.05 bits per heavy atom. The number of hydrogen-bond donors (Lipinski definition) is 1. The minimum absolute atomic E-state index is 0.842. The summed E-state index contributed by atoms with van der Waals surface area (Å²) in [6, 6.07) is 12.0. The van der Waals surface area contributed by atoms with E-state index in [4.69, 9.17) is 0 Å². The van der Waals surface area contributed by atoms with Crippen molar-refractivity contribution >= 4 is 22.3 Å². The Morgan fingerprint density at radius 2 is 1.89 bits per heavy atom. The highest BCUT2D eigenvalue weighted by Gasteiger charge is 2.06. The predicted molar refractivity (Wildman–Crippen MR) is 74.8 cm³/mol. The molecule has 19 heavy (non-hydrogen) atoms. The minimum atomic E-state index is 0.842. The Hall–Kier alpha value is -2.49. The summed E-state index contributed by atoms with van der Waals surface area (Å²) >= 11 is 0. The molecule has 0 saturated carbocycles. The Bertz CT molecular complexity index is 756. The first-order valence-electron chi connectivity index (χ1n) is 6.18. The van der Waals surface area contributed by atoms with E-state index in [2.05, 4.69) is 21.3 Å². The molecular formula is C15H15N4+. The van der Waals surface area contributed by atoms with Gasteiger partial charge in [0.1, 0.15) is 18.4 Å². The van der Waals surface area contributed by atoms with E-state index < -0.39 is 0 Å². The minimum Gasteiger partial charge on any atom is -0.357 e. The smallest absolute Gasteiger partial charge is 0.196 e. The molecule has 0 aliphatic rings. The van der Waals surface area contributed by atoms with Crippen molar-refractivity contribution < 1.29 is 4.57 Å². The van der Waals surface area contributed by atoms with Crippen LogP contribution in [0.4, 0.5) is 11.4 Å². The normalized spacial score (nSPS) is 11.5. The van der Waals surface area contributed by atoms with Crippen molar-refractivity contribution in [2.45, 2.75) is 6.92 Å². The van der Waals surface area contributed by atoms with Gasteiger partial charge in [0.05, 0.1) is 0 Å². The highest BCUT2D eigenvalue weighted by atomic mass is 15.1. The Morgan fingerprint density at radius 3 is 2.74 bits per heavy atom. The lowest BCUT2D eigenvalue weighted by atomic mass is 10.2. The Balaban J connectivity index is 2.03. The van der Waals surface area contributed by atoms with Gasteiger partial charge in [0.15, 0.2) is 12.4 Å². The molecule has 94 valence electrons. The molecule has 0 fully saturated rings. The molecule has 0 spiro atoms. The zero-order valence-electron chi connectivity index (χ0n) is 11.0. The lowest BCUT2D eigenvalue weighted by molar-refractivity contribution is -0.670. The summed E-state index contributed by atoms with van der Waals surface area (Å²) in [5, 5.41) is 9.79. The molecule has 4 heteroatoms. The van der Waals surface area contributed by atoms with E-state index in [1.165, 1.54) is 0 Å². The van der Waals surface area contributed by atoms with E-state index in [-0.39, 0.29) is 0 Å². The van der Waals surface area contributed by atoms with Gasteiger partial charge in [-0.2, -0.15) is 0 Å². The first kappa shape index (κ1) is 11.6. The summed E-state index contributed by atoms with van der Waals surface area (Å²) in [6.45, 7) is 2.01. The molecule has 0 saturated heterocycles. The van der Waals surface area contributed by atoms with Crippen molar-refractivity contribution in [3.8, 4) is 0 Å². The zero-order valence-corrected chi connectivity index (χ0v) is 11.0. The molecule has 0 bridgehead atoms. The van der Waals surface area contributed by atoms with E-state index in [1.54, 1.807) is 0 Å². The quantitative estimate of drug-likeness (QED) is 0.533. The van der Waals surface area contributed by atoms with Crippen molar-refractivity contribution in [1.29, 1.82) is 0 Å². The number of aryl methyl sites for hydroxylation is 2. The second-order valence-electron chi connectivity index (χ2n) is 4.57. The number of azo groups is 1. The topological polar surface area (TPSA) is 44.4 Å². The molecule has 2 heterocycles. The lowest BCUT2D eigenvalue weighted by Gasteiger charge is -1.92. The molecule has 4 nitrogen and oxygen atoms in total. The van der Waals surface area contributed by atoms with E-state index in [1.807, 2.05) is 61.3 Å². The zero-order chi connectivity index (χ0) is 13.2. The number of aromatic nitrogens is 2. The van der Waals surface area contributed by atoms with Crippen molar-refractivity contribution in [1.82, 2.24) is 4.98 Å². The molecule has 0 amide bonds. The van der Waals surface area contributed by atoms with Crippen LogP contribution in [-0.2, 0) is 7.05 Å². The van der Waals surface area contributed by atoms with Crippen LogP contribution in [0.3, 0.4) is 0 Å². The lowest BCUT2D eigenvalue weighted by Crippen LogP contribution is -2.25. The van der Waals surface area contributed by atoms with Gasteiger partial charge in [0.2, 0.25) is 0 Å². The predicted octanol–water partition coefficient (Wildman–Crippen LogP) is 3.72. The number of aromatic amines is 1. The third kappa shape index (κ3) is 2.25. The third-order valence-electron chi connectivity index (χ3n) is 3.05. The number of benzene rings is 1. The average molecular weight is 251 g/mol. The molecule has 0 radical (unpaired) electrons. The van der Waals surface area contributed by atoms with Crippen LogP contribution < -0.4 is 4.57 Å². The molecule has 3 aromatic rings. The SMILES string of the molecule is Cc1[nH]c2ccccc2c1N=Nc1ccc[n+](C)c1. The van der Waals surface area contributed by atoms with Crippen molar-refractivity contribution in [3.05, 3.63) is 54.5 Å². The fourth-order valence-corrected chi connectivity index (χ4v) is 2.13. The summed E-state index contributed by atoms with van der Waals surface area (Å²) in [5.41, 5.74) is 3.87. The Labute approximate surface area is 111 Å². The first-order chi connectivity index (χ1) is 9.24. The van der Waals surface area contributed by atoms with Crippen LogP contribution in [-0.4, -0.2) is 4.98 Å². The van der Waals surface area contributed by atoms with Gasteiger partial charge < -0.3 is 4.98 Å². The fourth-order valence-electron chi connectivity index (χ4n) is 2.13. The maximum absolute atomic E-state index is 4.39. The summed E-state index contributed by atoms with van der Waals surface area (Å²) < 4.78 is 1.95. The number of rotatable bonds is 2. The summed E-state index contributed by atoms with van der Waals surface area (Å²) in [4.78, 5) is 3.32. The Kier molecular flexibility index (Phi) is 2.83. The first-order valence-corrected chi connectivity index (χ1v) is 6.18. The van der Waals surface area contributed by atoms with Crippen LogP contribution in [0, 0.1) is 6.92 Å². The maximum Gasteiger partial charge on any atom is 0.196 e. The van der Waals surface area contributed by atoms with Gasteiger partial charge in [-0.1, -0.05) is 18.2 Å². The van der Waals surface area contributed by atoms with Gasteiger partial charge in [-0.25, -0.2) is 4.57 Å². The number of nitrogens with one attached hydrogen (secondary N) is 1. The van der Waals surface area contributed by atoms with Gasteiger partial charge in [-0.15, -0.1) is 10.2 Å². The molecule has 1 N–H and O–H groups in total. The average Bonchev–Trinajstić information content (AvgIpc) is 2.72.